The largest absolute Gasteiger partial charge is 0.493 e. The summed E-state index contributed by atoms with van der Waals surface area (Å²) in [6.45, 7) is 1.07. The predicted octanol–water partition coefficient (Wildman–Crippen LogP) is 3.61. The summed E-state index contributed by atoms with van der Waals surface area (Å²) in [6, 6.07) is 9.22. The van der Waals surface area contributed by atoms with Gasteiger partial charge in [0.15, 0.2) is 11.5 Å². The summed E-state index contributed by atoms with van der Waals surface area (Å²) in [5.74, 6) is 0.204. The molecule has 2 aromatic carbocycles. The Bertz CT molecular complexity index is 626. The molecule has 0 bridgehead atoms. The molecule has 22 heavy (non-hydrogen) atoms. The van der Waals surface area contributed by atoms with Crippen LogP contribution in [-0.4, -0.2) is 26.2 Å². The molecule has 118 valence electrons. The van der Waals surface area contributed by atoms with Crippen LogP contribution in [0.25, 0.3) is 0 Å². The van der Waals surface area contributed by atoms with E-state index < -0.39 is 11.6 Å². The molecule has 0 unspecified atom stereocenters. The maximum Gasteiger partial charge on any atom is 0.161 e. The van der Waals surface area contributed by atoms with Gasteiger partial charge in [-0.15, -0.1) is 0 Å². The minimum absolute atomic E-state index is 0.447. The molecule has 0 atom stereocenters. The standard InChI is InChI=1S/C17H19F2NO2/c1-20(11-13-6-14(18)9-15(19)7-13)10-12-4-5-16(21-2)17(8-12)22-3/h4-9H,10-11H2,1-3H3. The predicted molar refractivity (Wildman–Crippen MR) is 81.1 cm³/mol. The number of methoxy groups -OCH3 is 2. The maximum atomic E-state index is 13.2. The van der Waals surface area contributed by atoms with Gasteiger partial charge in [-0.2, -0.15) is 0 Å². The van der Waals surface area contributed by atoms with Crippen LogP contribution in [-0.2, 0) is 13.1 Å². The molecule has 0 aromatic heterocycles. The number of hydrogen-bond donors (Lipinski definition) is 0. The minimum Gasteiger partial charge on any atom is -0.493 e. The van der Waals surface area contributed by atoms with Crippen LogP contribution in [0.3, 0.4) is 0 Å². The van der Waals surface area contributed by atoms with E-state index in [-0.39, 0.29) is 0 Å². The smallest absolute Gasteiger partial charge is 0.161 e. The van der Waals surface area contributed by atoms with Gasteiger partial charge >= 0.3 is 0 Å². The van der Waals surface area contributed by atoms with Crippen LogP contribution in [0.2, 0.25) is 0 Å². The minimum atomic E-state index is -0.561. The molecule has 0 amide bonds. The van der Waals surface area contributed by atoms with E-state index in [0.29, 0.717) is 30.2 Å². The second-order valence-electron chi connectivity index (χ2n) is 5.14. The van der Waals surface area contributed by atoms with Crippen LogP contribution in [0.1, 0.15) is 11.1 Å². The number of rotatable bonds is 6. The van der Waals surface area contributed by atoms with Crippen LogP contribution in [0.5, 0.6) is 11.5 Å². The van der Waals surface area contributed by atoms with E-state index in [2.05, 4.69) is 0 Å². The molecule has 0 spiro atoms. The Morgan fingerprint density at radius 1 is 0.818 bits per heavy atom. The zero-order valence-electron chi connectivity index (χ0n) is 12.9. The number of halogens is 2. The molecule has 0 radical (unpaired) electrons. The van der Waals surface area contributed by atoms with Crippen molar-refractivity contribution in [3.8, 4) is 11.5 Å². The average molecular weight is 307 g/mol. The molecule has 0 N–H and O–H groups in total. The van der Waals surface area contributed by atoms with Crippen LogP contribution in [0.4, 0.5) is 8.78 Å². The molecule has 2 aromatic rings. The first-order chi connectivity index (χ1) is 10.5. The van der Waals surface area contributed by atoms with Gasteiger partial charge in [0.2, 0.25) is 0 Å². The second kappa shape index (κ2) is 7.22. The van der Waals surface area contributed by atoms with Crippen molar-refractivity contribution in [1.82, 2.24) is 4.90 Å². The van der Waals surface area contributed by atoms with Gasteiger partial charge in [-0.1, -0.05) is 6.07 Å². The first-order valence-corrected chi connectivity index (χ1v) is 6.86. The molecule has 0 saturated carbocycles. The fraction of sp³-hybridized carbons (Fsp3) is 0.294. The summed E-state index contributed by atoms with van der Waals surface area (Å²) in [7, 11) is 5.06. The fourth-order valence-corrected chi connectivity index (χ4v) is 2.36. The third-order valence-electron chi connectivity index (χ3n) is 3.28. The van der Waals surface area contributed by atoms with Gasteiger partial charge in [-0.05, 0) is 42.4 Å². The van der Waals surface area contributed by atoms with Gasteiger partial charge in [-0.3, -0.25) is 4.90 Å². The van der Waals surface area contributed by atoms with Crippen LogP contribution < -0.4 is 9.47 Å². The lowest BCUT2D eigenvalue weighted by atomic mass is 10.1. The van der Waals surface area contributed by atoms with Crippen LogP contribution in [0.15, 0.2) is 36.4 Å². The van der Waals surface area contributed by atoms with E-state index in [1.807, 2.05) is 30.1 Å². The molecule has 0 saturated heterocycles. The van der Waals surface area contributed by atoms with Crippen LogP contribution in [0, 0.1) is 11.6 Å². The first-order valence-electron chi connectivity index (χ1n) is 6.86. The Kier molecular flexibility index (Phi) is 5.33. The van der Waals surface area contributed by atoms with Gasteiger partial charge in [0.1, 0.15) is 11.6 Å². The molecule has 0 aliphatic carbocycles. The van der Waals surface area contributed by atoms with Crippen molar-refractivity contribution >= 4 is 0 Å². The van der Waals surface area contributed by atoms with E-state index in [0.717, 1.165) is 11.6 Å². The molecule has 2 rings (SSSR count). The monoisotopic (exact) mass is 307 g/mol. The lowest BCUT2D eigenvalue weighted by Gasteiger charge is -2.18. The summed E-state index contributed by atoms with van der Waals surface area (Å²) in [4.78, 5) is 1.97. The topological polar surface area (TPSA) is 21.7 Å². The Balaban J connectivity index is 2.06. The van der Waals surface area contributed by atoms with Crippen molar-refractivity contribution in [2.24, 2.45) is 0 Å². The van der Waals surface area contributed by atoms with Gasteiger partial charge < -0.3 is 9.47 Å². The van der Waals surface area contributed by atoms with Gasteiger partial charge in [0.05, 0.1) is 14.2 Å². The summed E-state index contributed by atoms with van der Waals surface area (Å²) in [5, 5.41) is 0. The third kappa shape index (κ3) is 4.18. The number of hydrogen-bond acceptors (Lipinski definition) is 3. The molecule has 0 aliphatic rings. The third-order valence-corrected chi connectivity index (χ3v) is 3.28. The number of nitrogens with zero attached hydrogens (tertiary/aromatic N) is 1. The van der Waals surface area contributed by atoms with Crippen molar-refractivity contribution < 1.29 is 18.3 Å². The Morgan fingerprint density at radius 2 is 1.41 bits per heavy atom. The molecule has 3 nitrogen and oxygen atoms in total. The Morgan fingerprint density at radius 3 is 2.00 bits per heavy atom. The Hall–Kier alpha value is -2.14. The molecule has 5 heteroatoms. The Labute approximate surface area is 129 Å². The normalized spacial score (nSPS) is 10.8. The molecular weight excluding hydrogens is 288 g/mol. The maximum absolute atomic E-state index is 13.2. The zero-order valence-corrected chi connectivity index (χ0v) is 12.9. The first kappa shape index (κ1) is 16.2. The fourth-order valence-electron chi connectivity index (χ4n) is 2.36. The van der Waals surface area contributed by atoms with Crippen molar-refractivity contribution in [2.45, 2.75) is 13.1 Å². The number of ether oxygens (including phenoxy) is 2. The SMILES string of the molecule is COc1ccc(CN(C)Cc2cc(F)cc(F)c2)cc1OC. The van der Waals surface area contributed by atoms with Gasteiger partial charge in [0.25, 0.3) is 0 Å². The van der Waals surface area contributed by atoms with Gasteiger partial charge in [0, 0.05) is 19.2 Å². The highest BCUT2D eigenvalue weighted by Crippen LogP contribution is 2.28. The molecule has 0 fully saturated rings. The lowest BCUT2D eigenvalue weighted by Crippen LogP contribution is -2.17. The summed E-state index contributed by atoms with van der Waals surface area (Å²) in [5.41, 5.74) is 1.62. The van der Waals surface area contributed by atoms with Gasteiger partial charge in [-0.25, -0.2) is 8.78 Å². The molecule has 0 heterocycles. The lowest BCUT2D eigenvalue weighted by molar-refractivity contribution is 0.315. The van der Waals surface area contributed by atoms with Crippen molar-refractivity contribution in [3.05, 3.63) is 59.2 Å². The summed E-state index contributed by atoms with van der Waals surface area (Å²) < 4.78 is 36.9. The van der Waals surface area contributed by atoms with Crippen molar-refractivity contribution in [2.75, 3.05) is 21.3 Å². The highest BCUT2D eigenvalue weighted by molar-refractivity contribution is 5.42. The van der Waals surface area contributed by atoms with E-state index >= 15 is 0 Å². The molecular formula is C17H19F2NO2. The summed E-state index contributed by atoms with van der Waals surface area (Å²) in [6.07, 6.45) is 0. The second-order valence-corrected chi connectivity index (χ2v) is 5.14. The van der Waals surface area contributed by atoms with E-state index in [4.69, 9.17) is 9.47 Å². The zero-order chi connectivity index (χ0) is 16.1. The van der Waals surface area contributed by atoms with E-state index in [1.165, 1.54) is 12.1 Å². The van der Waals surface area contributed by atoms with Crippen LogP contribution >= 0.6 is 0 Å². The van der Waals surface area contributed by atoms with Crippen molar-refractivity contribution in [1.29, 1.82) is 0 Å². The van der Waals surface area contributed by atoms with E-state index in [9.17, 15) is 8.78 Å². The quantitative estimate of drug-likeness (QED) is 0.813. The van der Waals surface area contributed by atoms with E-state index in [1.54, 1.807) is 14.2 Å². The van der Waals surface area contributed by atoms with Crippen molar-refractivity contribution in [3.63, 3.8) is 0 Å². The summed E-state index contributed by atoms with van der Waals surface area (Å²) >= 11 is 0. The average Bonchev–Trinajstić information content (AvgIpc) is 2.45. The highest BCUT2D eigenvalue weighted by atomic mass is 19.1. The number of benzene rings is 2. The molecule has 0 aliphatic heterocycles. The highest BCUT2D eigenvalue weighted by Gasteiger charge is 2.08.